The highest BCUT2D eigenvalue weighted by atomic mass is 32.1. The molecule has 7 nitrogen and oxygen atoms in total. The van der Waals surface area contributed by atoms with Crippen LogP contribution in [0.15, 0.2) is 12.7 Å². The summed E-state index contributed by atoms with van der Waals surface area (Å²) in [5.41, 5.74) is 7.03. The molecule has 2 rings (SSSR count). The lowest BCUT2D eigenvalue weighted by atomic mass is 10.5. The number of nitrogens with zero attached hydrogens (tertiary/aromatic N) is 3. The SMILES string of the molecule is CCNC(=S)NNc1ncnc2nc[nH]c12. The maximum atomic E-state index is 5.00. The van der Waals surface area contributed by atoms with Crippen LogP contribution in [0.25, 0.3) is 11.2 Å². The van der Waals surface area contributed by atoms with Gasteiger partial charge in [-0.1, -0.05) is 0 Å². The molecule has 0 aliphatic rings. The lowest BCUT2D eigenvalue weighted by Crippen LogP contribution is -2.38. The molecule has 0 atom stereocenters. The van der Waals surface area contributed by atoms with Crippen LogP contribution in [0, 0.1) is 0 Å². The minimum Gasteiger partial charge on any atom is -0.362 e. The van der Waals surface area contributed by atoms with E-state index in [4.69, 9.17) is 12.2 Å². The van der Waals surface area contributed by atoms with E-state index in [1.165, 1.54) is 6.33 Å². The summed E-state index contributed by atoms with van der Waals surface area (Å²) in [7, 11) is 0. The summed E-state index contributed by atoms with van der Waals surface area (Å²) < 4.78 is 0. The van der Waals surface area contributed by atoms with Crippen molar-refractivity contribution >= 4 is 34.3 Å². The molecule has 0 aromatic carbocycles. The van der Waals surface area contributed by atoms with Gasteiger partial charge in [0.05, 0.1) is 6.33 Å². The van der Waals surface area contributed by atoms with Crippen LogP contribution in [-0.4, -0.2) is 31.6 Å². The molecule has 0 amide bonds. The first kappa shape index (κ1) is 10.6. The van der Waals surface area contributed by atoms with Crippen LogP contribution in [0.4, 0.5) is 5.82 Å². The molecule has 4 N–H and O–H groups in total. The van der Waals surface area contributed by atoms with Gasteiger partial charge in [0.25, 0.3) is 0 Å². The second kappa shape index (κ2) is 4.71. The van der Waals surface area contributed by atoms with Crippen molar-refractivity contribution in [1.29, 1.82) is 0 Å². The van der Waals surface area contributed by atoms with Crippen molar-refractivity contribution < 1.29 is 0 Å². The summed E-state index contributed by atoms with van der Waals surface area (Å²) in [6.07, 6.45) is 3.00. The van der Waals surface area contributed by atoms with E-state index in [2.05, 4.69) is 36.1 Å². The predicted octanol–water partition coefficient (Wildman–Crippen LogP) is 0.164. The molecule has 0 fully saturated rings. The van der Waals surface area contributed by atoms with Crippen molar-refractivity contribution in [2.24, 2.45) is 0 Å². The first-order valence-electron chi connectivity index (χ1n) is 4.75. The van der Waals surface area contributed by atoms with Crippen molar-refractivity contribution in [1.82, 2.24) is 30.7 Å². The summed E-state index contributed by atoms with van der Waals surface area (Å²) in [4.78, 5) is 15.0. The van der Waals surface area contributed by atoms with Crippen molar-refractivity contribution in [2.45, 2.75) is 6.92 Å². The third-order valence-electron chi connectivity index (χ3n) is 1.85. The number of fused-ring (bicyclic) bond motifs is 1. The quantitative estimate of drug-likeness (QED) is 0.446. The number of H-pyrrole nitrogens is 1. The van der Waals surface area contributed by atoms with Gasteiger partial charge in [-0.15, -0.1) is 0 Å². The second-order valence-electron chi connectivity index (χ2n) is 2.93. The molecular weight excluding hydrogens is 226 g/mol. The van der Waals surface area contributed by atoms with Gasteiger partial charge in [-0.25, -0.2) is 15.0 Å². The number of nitrogens with one attached hydrogen (secondary N) is 4. The first-order valence-corrected chi connectivity index (χ1v) is 5.16. The molecular formula is C8H11N7S. The van der Waals surface area contributed by atoms with Crippen molar-refractivity contribution in [3.05, 3.63) is 12.7 Å². The van der Waals surface area contributed by atoms with Gasteiger partial charge in [-0.3, -0.25) is 10.9 Å². The van der Waals surface area contributed by atoms with Crippen LogP contribution in [0.2, 0.25) is 0 Å². The van der Waals surface area contributed by atoms with E-state index < -0.39 is 0 Å². The van der Waals surface area contributed by atoms with Crippen molar-refractivity contribution in [2.75, 3.05) is 12.0 Å². The maximum absolute atomic E-state index is 5.00. The summed E-state index contributed by atoms with van der Waals surface area (Å²) >= 11 is 5.00. The van der Waals surface area contributed by atoms with Gasteiger partial charge in [0.2, 0.25) is 0 Å². The van der Waals surface area contributed by atoms with E-state index in [1.807, 2.05) is 6.92 Å². The van der Waals surface area contributed by atoms with E-state index in [9.17, 15) is 0 Å². The van der Waals surface area contributed by atoms with Crippen LogP contribution in [-0.2, 0) is 0 Å². The van der Waals surface area contributed by atoms with Crippen LogP contribution in [0.5, 0.6) is 0 Å². The number of imidazole rings is 1. The average molecular weight is 237 g/mol. The number of hydrazine groups is 1. The Labute approximate surface area is 97.1 Å². The standard InChI is InChI=1S/C8H11N7S/c1-2-9-8(16)15-14-7-5-6(11-3-10-5)12-4-13-7/h3-4H,2H2,1H3,(H2,9,15,16)(H2,10,11,12,13,14). The summed E-state index contributed by atoms with van der Waals surface area (Å²) in [6.45, 7) is 2.72. The fourth-order valence-corrected chi connectivity index (χ4v) is 1.38. The normalized spacial score (nSPS) is 10.1. The zero-order valence-electron chi connectivity index (χ0n) is 8.61. The molecule has 0 aliphatic heterocycles. The monoisotopic (exact) mass is 237 g/mol. The van der Waals surface area contributed by atoms with Gasteiger partial charge in [-0.05, 0) is 19.1 Å². The molecule has 0 saturated carbocycles. The summed E-state index contributed by atoms with van der Waals surface area (Å²) in [6, 6.07) is 0. The molecule has 0 saturated heterocycles. The largest absolute Gasteiger partial charge is 0.362 e. The maximum Gasteiger partial charge on any atom is 0.185 e. The second-order valence-corrected chi connectivity index (χ2v) is 3.34. The smallest absolute Gasteiger partial charge is 0.185 e. The molecule has 8 heteroatoms. The van der Waals surface area contributed by atoms with Crippen LogP contribution < -0.4 is 16.2 Å². The van der Waals surface area contributed by atoms with Crippen LogP contribution in [0.3, 0.4) is 0 Å². The lowest BCUT2D eigenvalue weighted by Gasteiger charge is -2.10. The van der Waals surface area contributed by atoms with Gasteiger partial charge < -0.3 is 10.3 Å². The van der Waals surface area contributed by atoms with Gasteiger partial charge in [-0.2, -0.15) is 0 Å². The Morgan fingerprint density at radius 1 is 1.44 bits per heavy atom. The van der Waals surface area contributed by atoms with Gasteiger partial charge in [0, 0.05) is 6.54 Å². The highest BCUT2D eigenvalue weighted by Crippen LogP contribution is 2.12. The molecule has 84 valence electrons. The summed E-state index contributed by atoms with van der Waals surface area (Å²) in [5, 5.41) is 3.45. The Kier molecular flexibility index (Phi) is 3.10. The van der Waals surface area contributed by atoms with Crippen LogP contribution >= 0.6 is 12.2 Å². The number of aromatic amines is 1. The number of rotatable bonds is 3. The molecule has 0 unspecified atom stereocenters. The number of hydrogen-bond donors (Lipinski definition) is 4. The van der Waals surface area contributed by atoms with E-state index >= 15 is 0 Å². The minimum absolute atomic E-state index is 0.508. The van der Waals surface area contributed by atoms with E-state index in [0.29, 0.717) is 16.6 Å². The molecule has 16 heavy (non-hydrogen) atoms. The van der Waals surface area contributed by atoms with Gasteiger partial charge >= 0.3 is 0 Å². The van der Waals surface area contributed by atoms with Crippen LogP contribution in [0.1, 0.15) is 6.92 Å². The zero-order chi connectivity index (χ0) is 11.4. The fourth-order valence-electron chi connectivity index (χ4n) is 1.18. The third-order valence-corrected chi connectivity index (χ3v) is 2.10. The molecule has 0 spiro atoms. The molecule has 2 aromatic rings. The minimum atomic E-state index is 0.508. The number of anilines is 1. The Morgan fingerprint density at radius 3 is 3.12 bits per heavy atom. The van der Waals surface area contributed by atoms with E-state index in [-0.39, 0.29) is 0 Å². The number of hydrogen-bond acceptors (Lipinski definition) is 5. The lowest BCUT2D eigenvalue weighted by molar-refractivity contribution is 0.924. The average Bonchev–Trinajstić information content (AvgIpc) is 2.75. The highest BCUT2D eigenvalue weighted by molar-refractivity contribution is 7.80. The fraction of sp³-hybridized carbons (Fsp3) is 0.250. The Morgan fingerprint density at radius 2 is 2.31 bits per heavy atom. The topological polar surface area (TPSA) is 90.5 Å². The Balaban J connectivity index is 2.09. The molecule has 0 radical (unpaired) electrons. The molecule has 2 aromatic heterocycles. The third kappa shape index (κ3) is 2.16. The predicted molar refractivity (Wildman–Crippen MR) is 64.7 cm³/mol. The van der Waals surface area contributed by atoms with E-state index in [1.54, 1.807) is 6.33 Å². The van der Waals surface area contributed by atoms with Gasteiger partial charge in [0.15, 0.2) is 16.6 Å². The Bertz CT molecular complexity index is 494. The zero-order valence-corrected chi connectivity index (χ0v) is 9.43. The molecule has 2 heterocycles. The molecule has 0 aliphatic carbocycles. The Hall–Kier alpha value is -1.96. The summed E-state index contributed by atoms with van der Waals surface area (Å²) in [5.74, 6) is 0.600. The number of aromatic nitrogens is 4. The van der Waals surface area contributed by atoms with E-state index in [0.717, 1.165) is 12.1 Å². The van der Waals surface area contributed by atoms with Crippen molar-refractivity contribution in [3.8, 4) is 0 Å². The highest BCUT2D eigenvalue weighted by Gasteiger charge is 2.04. The molecule has 0 bridgehead atoms. The number of thiocarbonyl (C=S) groups is 1. The van der Waals surface area contributed by atoms with Gasteiger partial charge in [0.1, 0.15) is 11.8 Å². The first-order chi connectivity index (χ1) is 7.81. The van der Waals surface area contributed by atoms with Crippen molar-refractivity contribution in [3.63, 3.8) is 0 Å².